The summed E-state index contributed by atoms with van der Waals surface area (Å²) in [4.78, 5) is 41.2. The van der Waals surface area contributed by atoms with E-state index in [1.807, 2.05) is 0 Å². The number of esters is 1. The van der Waals surface area contributed by atoms with Gasteiger partial charge in [0.2, 0.25) is 11.2 Å². The van der Waals surface area contributed by atoms with Crippen LogP contribution < -0.4 is 5.32 Å². The number of carbonyl (C=O) groups is 3. The van der Waals surface area contributed by atoms with Crippen molar-refractivity contribution in [2.75, 3.05) is 13.2 Å². The molecule has 1 aromatic rings. The molecule has 0 bridgehead atoms. The Labute approximate surface area is 114 Å². The average Bonchev–Trinajstić information content (AvgIpc) is 2.37. The van der Waals surface area contributed by atoms with Crippen molar-refractivity contribution in [2.45, 2.75) is 13.3 Å². The Morgan fingerprint density at radius 2 is 1.95 bits per heavy atom. The smallest absolute Gasteiger partial charge is 0.315 e. The molecule has 1 heterocycles. The predicted octanol–water partition coefficient (Wildman–Crippen LogP) is 0.382. The van der Waals surface area contributed by atoms with Gasteiger partial charge in [-0.3, -0.25) is 14.4 Å². The molecule has 0 spiro atoms. The molecule has 0 aromatic carbocycles. The third-order valence-corrected chi connectivity index (χ3v) is 2.19. The van der Waals surface area contributed by atoms with E-state index in [0.29, 0.717) is 0 Å². The number of nitrogens with zero attached hydrogens (tertiary/aromatic N) is 2. The minimum atomic E-state index is -0.637. The van der Waals surface area contributed by atoms with Crippen LogP contribution in [0.3, 0.4) is 0 Å². The molecule has 1 aromatic heterocycles. The van der Waals surface area contributed by atoms with Gasteiger partial charge in [0.25, 0.3) is 0 Å². The van der Waals surface area contributed by atoms with Crippen LogP contribution in [0.15, 0.2) is 12.4 Å². The highest BCUT2D eigenvalue weighted by molar-refractivity contribution is 6.28. The lowest BCUT2D eigenvalue weighted by atomic mass is 10.2. The van der Waals surface area contributed by atoms with Gasteiger partial charge in [-0.1, -0.05) is 0 Å². The zero-order valence-corrected chi connectivity index (χ0v) is 10.9. The third-order valence-electron chi connectivity index (χ3n) is 2.00. The first-order valence-electron chi connectivity index (χ1n) is 5.46. The number of halogens is 1. The largest absolute Gasteiger partial charge is 0.466 e. The van der Waals surface area contributed by atoms with E-state index in [1.165, 1.54) is 12.4 Å². The van der Waals surface area contributed by atoms with Gasteiger partial charge in [-0.2, -0.15) is 0 Å². The van der Waals surface area contributed by atoms with Crippen molar-refractivity contribution in [1.82, 2.24) is 15.3 Å². The number of hydrogen-bond donors (Lipinski definition) is 1. The topological polar surface area (TPSA) is 98.2 Å². The molecule has 1 amide bonds. The first kappa shape index (κ1) is 15.0. The summed E-state index contributed by atoms with van der Waals surface area (Å²) >= 11 is 5.48. The van der Waals surface area contributed by atoms with E-state index in [-0.39, 0.29) is 29.8 Å². The Balaban J connectivity index is 2.40. The van der Waals surface area contributed by atoms with Crippen LogP contribution in [0.1, 0.15) is 23.7 Å². The van der Waals surface area contributed by atoms with Crippen LogP contribution in [0.4, 0.5) is 0 Å². The van der Waals surface area contributed by atoms with Crippen molar-refractivity contribution < 1.29 is 19.1 Å². The zero-order chi connectivity index (χ0) is 14.3. The first-order chi connectivity index (χ1) is 9.02. The molecule has 0 aliphatic carbocycles. The molecule has 0 aliphatic rings. The maximum absolute atomic E-state index is 11.6. The summed E-state index contributed by atoms with van der Waals surface area (Å²) in [5.41, 5.74) is 0.223. The van der Waals surface area contributed by atoms with Gasteiger partial charge in [0.05, 0.1) is 18.7 Å². The van der Waals surface area contributed by atoms with Crippen LogP contribution in [0, 0.1) is 0 Å². The molecular weight excluding hydrogens is 274 g/mol. The van der Waals surface area contributed by atoms with Gasteiger partial charge in [-0.05, 0) is 18.5 Å². The molecule has 0 aliphatic heterocycles. The minimum absolute atomic E-state index is 0.0305. The third kappa shape index (κ3) is 5.43. The van der Waals surface area contributed by atoms with Gasteiger partial charge in [0.15, 0.2) is 5.78 Å². The number of ether oxygens (including phenoxy) is 1. The number of carbonyl (C=O) groups excluding carboxylic acids is 3. The molecule has 0 saturated heterocycles. The highest BCUT2D eigenvalue weighted by Gasteiger charge is 2.12. The van der Waals surface area contributed by atoms with Gasteiger partial charge in [-0.15, -0.1) is 0 Å². The Bertz CT molecular complexity index is 475. The minimum Gasteiger partial charge on any atom is -0.466 e. The van der Waals surface area contributed by atoms with Crippen molar-refractivity contribution >= 4 is 29.3 Å². The van der Waals surface area contributed by atoms with Crippen molar-refractivity contribution in [1.29, 1.82) is 0 Å². The van der Waals surface area contributed by atoms with Gasteiger partial charge >= 0.3 is 5.97 Å². The number of ketones is 1. The zero-order valence-electron chi connectivity index (χ0n) is 10.2. The van der Waals surface area contributed by atoms with E-state index in [2.05, 4.69) is 20.0 Å². The number of Topliss-reactive ketones (excluding diaryl/α,β-unsaturated/α-hetero) is 1. The van der Waals surface area contributed by atoms with Crippen LogP contribution in [-0.4, -0.2) is 40.8 Å². The van der Waals surface area contributed by atoms with Crippen molar-refractivity contribution in [2.24, 2.45) is 0 Å². The maximum Gasteiger partial charge on any atom is 0.315 e. The van der Waals surface area contributed by atoms with Crippen LogP contribution in [0.25, 0.3) is 0 Å². The van der Waals surface area contributed by atoms with Crippen LogP contribution in [0.2, 0.25) is 5.28 Å². The second-order valence-corrected chi connectivity index (χ2v) is 3.76. The number of hydrogen-bond acceptors (Lipinski definition) is 6. The monoisotopic (exact) mass is 285 g/mol. The predicted molar refractivity (Wildman–Crippen MR) is 65.6 cm³/mol. The van der Waals surface area contributed by atoms with Crippen LogP contribution in [-0.2, 0) is 14.3 Å². The van der Waals surface area contributed by atoms with Crippen LogP contribution >= 0.6 is 11.6 Å². The molecular formula is C11H12ClN3O4. The van der Waals surface area contributed by atoms with Crippen molar-refractivity contribution in [3.05, 3.63) is 23.2 Å². The highest BCUT2D eigenvalue weighted by Crippen LogP contribution is 2.01. The van der Waals surface area contributed by atoms with E-state index in [0.717, 1.165) is 0 Å². The van der Waals surface area contributed by atoms with E-state index >= 15 is 0 Å². The standard InChI is InChI=1S/C11H12ClN3O4/c1-2-19-10(18)3-9(17)13-6-8(16)7-4-14-11(12)15-5-7/h4-5H,2-3,6H2,1H3,(H,13,17). The van der Waals surface area contributed by atoms with Gasteiger partial charge < -0.3 is 10.1 Å². The lowest BCUT2D eigenvalue weighted by Gasteiger charge is -2.04. The molecule has 1 N–H and O–H groups in total. The van der Waals surface area contributed by atoms with E-state index < -0.39 is 18.3 Å². The van der Waals surface area contributed by atoms with E-state index in [9.17, 15) is 14.4 Å². The molecule has 0 atom stereocenters. The molecule has 1 rings (SSSR count). The fraction of sp³-hybridized carbons (Fsp3) is 0.364. The number of amides is 1. The van der Waals surface area contributed by atoms with Gasteiger partial charge in [-0.25, -0.2) is 9.97 Å². The number of nitrogens with one attached hydrogen (secondary N) is 1. The second-order valence-electron chi connectivity index (χ2n) is 3.42. The Hall–Kier alpha value is -2.02. The molecule has 7 nitrogen and oxygen atoms in total. The summed E-state index contributed by atoms with van der Waals surface area (Å²) in [6, 6.07) is 0. The van der Waals surface area contributed by atoms with Gasteiger partial charge in [0.1, 0.15) is 6.42 Å². The van der Waals surface area contributed by atoms with Gasteiger partial charge in [0, 0.05) is 12.4 Å². The van der Waals surface area contributed by atoms with E-state index in [1.54, 1.807) is 6.92 Å². The quantitative estimate of drug-likeness (QED) is 0.351. The molecule has 0 unspecified atom stereocenters. The Morgan fingerprint density at radius 1 is 1.32 bits per heavy atom. The second kappa shape index (κ2) is 7.42. The fourth-order valence-electron chi connectivity index (χ4n) is 1.14. The summed E-state index contributed by atoms with van der Waals surface area (Å²) in [6.45, 7) is 1.59. The summed E-state index contributed by atoms with van der Waals surface area (Å²) < 4.78 is 4.60. The molecule has 102 valence electrons. The first-order valence-corrected chi connectivity index (χ1v) is 5.83. The van der Waals surface area contributed by atoms with Crippen molar-refractivity contribution in [3.63, 3.8) is 0 Å². The Kier molecular flexibility index (Phi) is 5.87. The SMILES string of the molecule is CCOC(=O)CC(=O)NCC(=O)c1cnc(Cl)nc1. The normalized spacial score (nSPS) is 9.79. The molecule has 0 radical (unpaired) electrons. The Morgan fingerprint density at radius 3 is 2.53 bits per heavy atom. The fourth-order valence-corrected chi connectivity index (χ4v) is 1.24. The highest BCUT2D eigenvalue weighted by atomic mass is 35.5. The maximum atomic E-state index is 11.6. The summed E-state index contributed by atoms with van der Waals surface area (Å²) in [5.74, 6) is -1.60. The summed E-state index contributed by atoms with van der Waals surface area (Å²) in [7, 11) is 0. The summed E-state index contributed by atoms with van der Waals surface area (Å²) in [5, 5.41) is 2.34. The molecule has 19 heavy (non-hydrogen) atoms. The molecule has 0 fully saturated rings. The van der Waals surface area contributed by atoms with E-state index in [4.69, 9.17) is 11.6 Å². The lowest BCUT2D eigenvalue weighted by Crippen LogP contribution is -2.31. The molecule has 0 saturated carbocycles. The number of rotatable bonds is 6. The number of aromatic nitrogens is 2. The van der Waals surface area contributed by atoms with Crippen LogP contribution in [0.5, 0.6) is 0 Å². The molecule has 8 heteroatoms. The summed E-state index contributed by atoms with van der Waals surface area (Å²) in [6.07, 6.45) is 2.10. The van der Waals surface area contributed by atoms with Crippen molar-refractivity contribution in [3.8, 4) is 0 Å². The average molecular weight is 286 g/mol. The lowest BCUT2D eigenvalue weighted by molar-refractivity contribution is -0.145.